The number of ketones is 1. The number of nitrogens with one attached hydrogen (secondary N) is 1. The van der Waals surface area contributed by atoms with E-state index in [-0.39, 0.29) is 24.0 Å². The predicted octanol–water partition coefficient (Wildman–Crippen LogP) is 2.10. The number of fused-ring (bicyclic) bond motifs is 1. The Bertz CT molecular complexity index is 1430. The van der Waals surface area contributed by atoms with E-state index in [1.165, 1.54) is 23.2 Å². The van der Waals surface area contributed by atoms with Crippen LogP contribution >= 0.6 is 0 Å². The fourth-order valence-electron chi connectivity index (χ4n) is 4.27. The Labute approximate surface area is 181 Å². The summed E-state index contributed by atoms with van der Waals surface area (Å²) in [5.41, 5.74) is 0.829. The van der Waals surface area contributed by atoms with Crippen LogP contribution in [0.25, 0.3) is 22.0 Å². The lowest BCUT2D eigenvalue weighted by Gasteiger charge is -2.36. The van der Waals surface area contributed by atoms with Crippen LogP contribution in [-0.2, 0) is 4.79 Å². The monoisotopic (exact) mass is 431 g/mol. The van der Waals surface area contributed by atoms with Gasteiger partial charge in [-0.15, -0.1) is 0 Å². The Morgan fingerprint density at radius 3 is 2.31 bits per heavy atom. The highest BCUT2D eigenvalue weighted by Crippen LogP contribution is 2.28. The fraction of sp³-hybridized carbons (Fsp3) is 0.167. The molecule has 0 aliphatic carbocycles. The maximum atomic E-state index is 14.2. The molecule has 0 atom stereocenters. The first kappa shape index (κ1) is 19.9. The van der Waals surface area contributed by atoms with Crippen LogP contribution in [0.2, 0.25) is 0 Å². The summed E-state index contributed by atoms with van der Waals surface area (Å²) in [6.45, 7) is 1.04. The number of aromatic amines is 1. The zero-order valence-corrected chi connectivity index (χ0v) is 16.9. The Balaban J connectivity index is 1.33. The van der Waals surface area contributed by atoms with E-state index in [9.17, 15) is 23.6 Å². The van der Waals surface area contributed by atoms with E-state index in [2.05, 4.69) is 4.98 Å². The maximum absolute atomic E-state index is 14.2. The van der Waals surface area contributed by atoms with Crippen molar-refractivity contribution < 1.29 is 14.0 Å². The first-order valence-corrected chi connectivity index (χ1v) is 10.2. The lowest BCUT2D eigenvalue weighted by molar-refractivity contribution is -0.126. The van der Waals surface area contributed by atoms with Crippen molar-refractivity contribution in [2.45, 2.75) is 0 Å². The van der Waals surface area contributed by atoms with Crippen LogP contribution in [0.5, 0.6) is 0 Å². The molecule has 2 heterocycles. The average Bonchev–Trinajstić information content (AvgIpc) is 3.27. The number of Topliss-reactive ketones (excluding diaryl/α,β-unsaturated/α-hetero) is 1. The number of hydrogen-bond donors (Lipinski definition) is 1. The highest BCUT2D eigenvalue weighted by molar-refractivity contribution is 6.44. The maximum Gasteiger partial charge on any atom is 0.295 e. The molecule has 1 saturated heterocycles. The van der Waals surface area contributed by atoms with Crippen LogP contribution in [0.4, 0.5) is 10.1 Å². The molecule has 1 aliphatic heterocycles. The molecule has 1 fully saturated rings. The third-order valence-electron chi connectivity index (χ3n) is 5.92. The van der Waals surface area contributed by atoms with Crippen molar-refractivity contribution in [3.8, 4) is 11.1 Å². The van der Waals surface area contributed by atoms with E-state index in [1.54, 1.807) is 35.2 Å². The molecule has 0 saturated carbocycles. The summed E-state index contributed by atoms with van der Waals surface area (Å²) in [6.07, 6.45) is 1.35. The van der Waals surface area contributed by atoms with Gasteiger partial charge in [-0.25, -0.2) is 4.39 Å². The average molecular weight is 431 g/mol. The van der Waals surface area contributed by atoms with Gasteiger partial charge in [0.1, 0.15) is 11.5 Å². The molecule has 160 valence electrons. The Hall–Kier alpha value is -4.07. The van der Waals surface area contributed by atoms with Crippen LogP contribution < -0.4 is 15.8 Å². The van der Waals surface area contributed by atoms with Gasteiger partial charge in [0, 0.05) is 43.3 Å². The molecule has 1 amide bonds. The predicted molar refractivity (Wildman–Crippen MR) is 118 cm³/mol. The first-order chi connectivity index (χ1) is 15.5. The van der Waals surface area contributed by atoms with Crippen molar-refractivity contribution in [3.63, 3.8) is 0 Å². The van der Waals surface area contributed by atoms with Gasteiger partial charge >= 0.3 is 0 Å². The number of rotatable bonds is 4. The molecule has 0 spiro atoms. The van der Waals surface area contributed by atoms with Gasteiger partial charge in [-0.05, 0) is 17.7 Å². The molecule has 1 N–H and O–H groups in total. The normalized spacial score (nSPS) is 14.3. The topological polar surface area (TPSA) is 90.6 Å². The number of aromatic nitrogens is 1. The fourth-order valence-corrected chi connectivity index (χ4v) is 4.27. The van der Waals surface area contributed by atoms with E-state index < -0.39 is 28.4 Å². The van der Waals surface area contributed by atoms with Crippen molar-refractivity contribution >= 4 is 28.3 Å². The number of nitrogens with zero attached hydrogens (tertiary/aromatic N) is 2. The third-order valence-corrected chi connectivity index (χ3v) is 5.92. The van der Waals surface area contributed by atoms with Gasteiger partial charge in [0.2, 0.25) is 10.9 Å². The SMILES string of the molecule is O=C(C(=O)N1CCN(c2c(-c3ccccc3)c(=O)c2=O)CC1)c1c[nH]c2cccc(F)c12. The van der Waals surface area contributed by atoms with Gasteiger partial charge in [-0.1, -0.05) is 36.4 Å². The summed E-state index contributed by atoms with van der Waals surface area (Å²) in [7, 11) is 0. The van der Waals surface area contributed by atoms with Crippen molar-refractivity contribution in [2.75, 3.05) is 31.1 Å². The molecule has 4 aromatic rings. The van der Waals surface area contributed by atoms with Gasteiger partial charge < -0.3 is 14.8 Å². The third kappa shape index (κ3) is 3.03. The molecule has 7 nitrogen and oxygen atoms in total. The Morgan fingerprint density at radius 1 is 0.875 bits per heavy atom. The number of H-pyrrole nitrogens is 1. The van der Waals surface area contributed by atoms with Crippen LogP contribution in [0.1, 0.15) is 10.4 Å². The van der Waals surface area contributed by atoms with Crippen molar-refractivity contribution in [3.05, 3.63) is 86.6 Å². The lowest BCUT2D eigenvalue weighted by Crippen LogP contribution is -2.54. The van der Waals surface area contributed by atoms with E-state index in [0.29, 0.717) is 35.4 Å². The van der Waals surface area contributed by atoms with Crippen LogP contribution in [0.3, 0.4) is 0 Å². The first-order valence-electron chi connectivity index (χ1n) is 10.2. The lowest BCUT2D eigenvalue weighted by atomic mass is 9.97. The van der Waals surface area contributed by atoms with E-state index >= 15 is 0 Å². The van der Waals surface area contributed by atoms with Crippen LogP contribution in [0, 0.1) is 5.82 Å². The molecule has 32 heavy (non-hydrogen) atoms. The number of anilines is 1. The van der Waals surface area contributed by atoms with Gasteiger partial charge in [0.25, 0.3) is 11.7 Å². The minimum Gasteiger partial charge on any atom is -0.364 e. The number of carbonyl (C=O) groups is 2. The molecule has 0 unspecified atom stereocenters. The number of piperazine rings is 1. The number of benzene rings is 2. The molecule has 1 aliphatic rings. The van der Waals surface area contributed by atoms with Crippen molar-refractivity contribution in [1.29, 1.82) is 0 Å². The second-order valence-electron chi connectivity index (χ2n) is 7.72. The standard InChI is InChI=1S/C24H18FN3O4/c25-16-7-4-8-17-19(16)15(13-26-17)21(29)24(32)28-11-9-27(10-12-28)20-18(22(30)23(20)31)14-5-2-1-3-6-14/h1-8,13,26H,9-12H2. The number of hydrogen-bond acceptors (Lipinski definition) is 5. The molecular formula is C24H18FN3O4. The van der Waals surface area contributed by atoms with Gasteiger partial charge in [-0.3, -0.25) is 19.2 Å². The zero-order chi connectivity index (χ0) is 22.4. The van der Waals surface area contributed by atoms with Crippen molar-refractivity contribution in [2.24, 2.45) is 0 Å². The summed E-state index contributed by atoms with van der Waals surface area (Å²) in [5.74, 6) is -2.07. The molecule has 3 aromatic carbocycles. The van der Waals surface area contributed by atoms with E-state index in [1.807, 2.05) is 6.07 Å². The number of carbonyl (C=O) groups excluding carboxylic acids is 2. The molecule has 0 radical (unpaired) electrons. The molecule has 5 rings (SSSR count). The van der Waals surface area contributed by atoms with Gasteiger partial charge in [0.05, 0.1) is 11.1 Å². The zero-order valence-electron chi connectivity index (χ0n) is 16.9. The van der Waals surface area contributed by atoms with Crippen LogP contribution in [-0.4, -0.2) is 47.8 Å². The largest absolute Gasteiger partial charge is 0.364 e. The summed E-state index contributed by atoms with van der Waals surface area (Å²) < 4.78 is 14.2. The minimum atomic E-state index is -0.783. The molecular weight excluding hydrogens is 413 g/mol. The summed E-state index contributed by atoms with van der Waals surface area (Å²) in [5, 5.41) is 0.0979. The highest BCUT2D eigenvalue weighted by atomic mass is 19.1. The van der Waals surface area contributed by atoms with Gasteiger partial charge in [-0.2, -0.15) is 0 Å². The molecule has 1 aromatic heterocycles. The highest BCUT2D eigenvalue weighted by Gasteiger charge is 2.33. The quantitative estimate of drug-likeness (QED) is 0.395. The van der Waals surface area contributed by atoms with E-state index in [0.717, 1.165) is 0 Å². The summed E-state index contributed by atoms with van der Waals surface area (Å²) >= 11 is 0. The van der Waals surface area contributed by atoms with Crippen molar-refractivity contribution in [1.82, 2.24) is 9.88 Å². The smallest absolute Gasteiger partial charge is 0.295 e. The van der Waals surface area contributed by atoms with E-state index in [4.69, 9.17) is 0 Å². The van der Waals surface area contributed by atoms with Crippen LogP contribution in [0.15, 0.2) is 64.3 Å². The second kappa shape index (κ2) is 7.56. The Kier molecular flexibility index (Phi) is 4.70. The molecule has 0 bridgehead atoms. The number of halogens is 1. The minimum absolute atomic E-state index is 0.000584. The number of amides is 1. The Morgan fingerprint density at radius 2 is 1.59 bits per heavy atom. The second-order valence-corrected chi connectivity index (χ2v) is 7.72. The summed E-state index contributed by atoms with van der Waals surface area (Å²) in [6, 6.07) is 13.4. The van der Waals surface area contributed by atoms with Gasteiger partial charge in [0.15, 0.2) is 0 Å². The summed E-state index contributed by atoms with van der Waals surface area (Å²) in [4.78, 5) is 56.0. The molecule has 8 heteroatoms.